The van der Waals surface area contributed by atoms with Crippen molar-refractivity contribution in [1.29, 1.82) is 5.41 Å². The summed E-state index contributed by atoms with van der Waals surface area (Å²) in [4.78, 5) is 34.0. The van der Waals surface area contributed by atoms with E-state index >= 15 is 0 Å². The second-order valence-electron chi connectivity index (χ2n) is 5.72. The van der Waals surface area contributed by atoms with Gasteiger partial charge in [0.15, 0.2) is 5.03 Å². The summed E-state index contributed by atoms with van der Waals surface area (Å²) in [6.07, 6.45) is 4.37. The van der Waals surface area contributed by atoms with Gasteiger partial charge in [-0.05, 0) is 38.2 Å². The largest absolute Gasteiger partial charge is 0.352 e. The summed E-state index contributed by atoms with van der Waals surface area (Å²) in [6, 6.07) is -0.730. The van der Waals surface area contributed by atoms with E-state index in [-0.39, 0.29) is 18.4 Å². The van der Waals surface area contributed by atoms with Gasteiger partial charge in [0.2, 0.25) is 11.8 Å². The van der Waals surface area contributed by atoms with Crippen molar-refractivity contribution in [2.24, 2.45) is 5.92 Å². The van der Waals surface area contributed by atoms with Crippen LogP contribution in [0.2, 0.25) is 0 Å². The van der Waals surface area contributed by atoms with Crippen LogP contribution in [0, 0.1) is 28.0 Å². The molecular weight excluding hydrogens is 328 g/mol. The third-order valence-corrected chi connectivity index (χ3v) is 2.96. The summed E-state index contributed by atoms with van der Waals surface area (Å²) < 4.78 is 0. The number of nitro groups is 1. The van der Waals surface area contributed by atoms with Gasteiger partial charge in [-0.2, -0.15) is 0 Å². The molecule has 0 unspecified atom stereocenters. The van der Waals surface area contributed by atoms with Gasteiger partial charge in [-0.25, -0.2) is 10.1 Å². The molecule has 141 valence electrons. The molecular formula is C15H27N6O4. The van der Waals surface area contributed by atoms with Gasteiger partial charge in [0.25, 0.3) is 5.96 Å². The van der Waals surface area contributed by atoms with Crippen LogP contribution in [0.1, 0.15) is 40.0 Å². The molecule has 25 heavy (non-hydrogen) atoms. The van der Waals surface area contributed by atoms with Crippen molar-refractivity contribution >= 4 is 17.8 Å². The van der Waals surface area contributed by atoms with Crippen LogP contribution in [0.25, 0.3) is 0 Å². The summed E-state index contributed by atoms with van der Waals surface area (Å²) in [5, 5.41) is 24.4. The number of rotatable bonds is 11. The summed E-state index contributed by atoms with van der Waals surface area (Å²) >= 11 is 0. The number of hydrazine groups is 1. The zero-order valence-electron chi connectivity index (χ0n) is 14.8. The number of allylic oxidation sites excluding steroid dienone is 1. The van der Waals surface area contributed by atoms with E-state index in [1.807, 2.05) is 13.8 Å². The number of carbonyl (C=O) groups excluding carboxylic acids is 2. The summed E-state index contributed by atoms with van der Waals surface area (Å²) in [5.41, 5.74) is 1.67. The van der Waals surface area contributed by atoms with Gasteiger partial charge >= 0.3 is 0 Å². The number of nitrogens with zero attached hydrogens (tertiary/aromatic N) is 1. The Morgan fingerprint density at radius 3 is 2.56 bits per heavy atom. The van der Waals surface area contributed by atoms with Crippen molar-refractivity contribution in [3.8, 4) is 0 Å². The van der Waals surface area contributed by atoms with Crippen molar-refractivity contribution in [3.63, 3.8) is 0 Å². The Morgan fingerprint density at radius 2 is 2.00 bits per heavy atom. The molecule has 0 aromatic heterocycles. The molecule has 5 N–H and O–H groups in total. The van der Waals surface area contributed by atoms with Crippen molar-refractivity contribution < 1.29 is 14.6 Å². The number of carbonyl (C=O) groups is 2. The quantitative estimate of drug-likeness (QED) is 0.0907. The molecule has 0 rings (SSSR count). The Labute approximate surface area is 147 Å². The monoisotopic (exact) mass is 355 g/mol. The molecule has 0 aliphatic carbocycles. The van der Waals surface area contributed by atoms with Gasteiger partial charge in [-0.1, -0.05) is 25.3 Å². The van der Waals surface area contributed by atoms with Crippen molar-refractivity contribution in [2.45, 2.75) is 46.1 Å². The molecule has 0 aliphatic heterocycles. The third-order valence-electron chi connectivity index (χ3n) is 2.96. The van der Waals surface area contributed by atoms with E-state index in [9.17, 15) is 19.7 Å². The van der Waals surface area contributed by atoms with Gasteiger partial charge in [0.1, 0.15) is 6.04 Å². The second kappa shape index (κ2) is 12.7. The lowest BCUT2D eigenvalue weighted by Crippen LogP contribution is -2.46. The van der Waals surface area contributed by atoms with Gasteiger partial charge in [0, 0.05) is 13.1 Å². The second-order valence-corrected chi connectivity index (χ2v) is 5.72. The minimum Gasteiger partial charge on any atom is -0.352 e. The number of nitrogens with one attached hydrogen (secondary N) is 5. The van der Waals surface area contributed by atoms with Crippen LogP contribution in [0.5, 0.6) is 0 Å². The van der Waals surface area contributed by atoms with Crippen LogP contribution < -0.4 is 21.4 Å². The maximum atomic E-state index is 12.2. The van der Waals surface area contributed by atoms with E-state index < -0.39 is 17.0 Å². The molecule has 0 aromatic carbocycles. The van der Waals surface area contributed by atoms with Crippen molar-refractivity contribution in [3.05, 3.63) is 28.8 Å². The Morgan fingerprint density at radius 1 is 1.32 bits per heavy atom. The van der Waals surface area contributed by atoms with Crippen molar-refractivity contribution in [2.75, 3.05) is 6.54 Å². The highest BCUT2D eigenvalue weighted by molar-refractivity contribution is 5.92. The zero-order valence-corrected chi connectivity index (χ0v) is 14.8. The van der Waals surface area contributed by atoms with Crippen LogP contribution in [0.15, 0.2) is 12.2 Å². The van der Waals surface area contributed by atoms with Crippen LogP contribution in [0.3, 0.4) is 0 Å². The highest BCUT2D eigenvalue weighted by atomic mass is 16.7. The predicted octanol–water partition coefficient (Wildman–Crippen LogP) is 0.457. The smallest absolute Gasteiger partial charge is 0.251 e. The lowest BCUT2D eigenvalue weighted by atomic mass is 10.1. The van der Waals surface area contributed by atoms with E-state index in [0.717, 1.165) is 0 Å². The van der Waals surface area contributed by atoms with Gasteiger partial charge in [-0.15, -0.1) is 0 Å². The fourth-order valence-corrected chi connectivity index (χ4v) is 1.79. The summed E-state index contributed by atoms with van der Waals surface area (Å²) in [5.74, 6) is -0.728. The standard InChI is InChI=1S/C15H27N6O4/c1-4-6-13(22)19-12(14(23)17-10-8-11(2)3)7-5-9-18-15(16)20-21(24)25/h4,6,10-12H,5,7-9H2,1-3H3,(H,17,23)(H,19,22)(H3,16,18,20)/b6-4+/t12-/m0/s1. The highest BCUT2D eigenvalue weighted by Crippen LogP contribution is 2.02. The normalized spacial score (nSPS) is 11.8. The maximum absolute atomic E-state index is 12.2. The maximum Gasteiger partial charge on any atom is 0.251 e. The first kappa shape index (κ1) is 22.4. The summed E-state index contributed by atoms with van der Waals surface area (Å²) in [6.45, 7) is 7.65. The molecule has 2 amide bonds. The topological polar surface area (TPSA) is 149 Å². The average molecular weight is 355 g/mol. The average Bonchev–Trinajstić information content (AvgIpc) is 2.49. The van der Waals surface area contributed by atoms with Crippen LogP contribution in [0.4, 0.5) is 0 Å². The number of hydrogen-bond donors (Lipinski definition) is 5. The Kier molecular flexibility index (Phi) is 11.4. The van der Waals surface area contributed by atoms with E-state index in [1.165, 1.54) is 6.08 Å². The molecule has 0 saturated heterocycles. The summed E-state index contributed by atoms with van der Waals surface area (Å²) in [7, 11) is 0. The minimum atomic E-state index is -0.840. The van der Waals surface area contributed by atoms with E-state index in [2.05, 4.69) is 16.0 Å². The molecule has 0 spiro atoms. The van der Waals surface area contributed by atoms with Crippen LogP contribution >= 0.6 is 0 Å². The number of amides is 2. The molecule has 10 nitrogen and oxygen atoms in total. The number of guanidine groups is 1. The Balaban J connectivity index is 4.42. The SMILES string of the molecule is C/C=C/C(=O)N[C@@H](CCCNC(=N)N[N+](=O)[O-])C(=O)N[CH]CC(C)C. The lowest BCUT2D eigenvalue weighted by molar-refractivity contribution is -0.525. The highest BCUT2D eigenvalue weighted by Gasteiger charge is 2.19. The zero-order chi connectivity index (χ0) is 19.2. The molecule has 10 heteroatoms. The van der Waals surface area contributed by atoms with E-state index in [4.69, 9.17) is 5.41 Å². The molecule has 1 radical (unpaired) electrons. The fraction of sp³-hybridized carbons (Fsp3) is 0.600. The van der Waals surface area contributed by atoms with Crippen molar-refractivity contribution in [1.82, 2.24) is 21.4 Å². The third kappa shape index (κ3) is 12.4. The van der Waals surface area contributed by atoms with E-state index in [1.54, 1.807) is 25.0 Å². The number of hydrogen-bond acceptors (Lipinski definition) is 5. The van der Waals surface area contributed by atoms with Crippen LogP contribution in [-0.2, 0) is 9.59 Å². The fourth-order valence-electron chi connectivity index (χ4n) is 1.79. The van der Waals surface area contributed by atoms with Gasteiger partial charge < -0.3 is 16.0 Å². The molecule has 0 saturated carbocycles. The first-order valence-corrected chi connectivity index (χ1v) is 8.05. The van der Waals surface area contributed by atoms with Gasteiger partial charge in [-0.3, -0.25) is 15.0 Å². The molecule has 0 heterocycles. The molecule has 0 fully saturated rings. The Bertz CT molecular complexity index is 492. The molecule has 0 aromatic rings. The van der Waals surface area contributed by atoms with Crippen LogP contribution in [-0.4, -0.2) is 35.4 Å². The predicted molar refractivity (Wildman–Crippen MR) is 93.7 cm³/mol. The first-order valence-electron chi connectivity index (χ1n) is 8.05. The molecule has 1 atom stereocenters. The molecule has 0 bridgehead atoms. The Hall–Kier alpha value is -2.65. The minimum absolute atomic E-state index is 0.249. The first-order chi connectivity index (χ1) is 11.8. The van der Waals surface area contributed by atoms with E-state index in [0.29, 0.717) is 25.2 Å². The lowest BCUT2D eigenvalue weighted by Gasteiger charge is -2.18. The molecule has 0 aliphatic rings. The van der Waals surface area contributed by atoms with Gasteiger partial charge in [0.05, 0.1) is 0 Å².